The number of hydrogen-bond acceptors (Lipinski definition) is 2. The van der Waals surface area contributed by atoms with Crippen molar-refractivity contribution in [2.75, 3.05) is 6.54 Å². The maximum Gasteiger partial charge on any atom is 0.0702 e. The molecule has 1 saturated carbocycles. The Morgan fingerprint density at radius 2 is 2.15 bits per heavy atom. The van der Waals surface area contributed by atoms with Crippen molar-refractivity contribution in [3.05, 3.63) is 42.1 Å². The van der Waals surface area contributed by atoms with Gasteiger partial charge in [0.05, 0.1) is 5.52 Å². The van der Waals surface area contributed by atoms with Gasteiger partial charge in [-0.2, -0.15) is 0 Å². The van der Waals surface area contributed by atoms with Gasteiger partial charge in [-0.05, 0) is 60.9 Å². The largest absolute Gasteiger partial charge is 0.330 e. The Morgan fingerprint density at radius 1 is 1.25 bits per heavy atom. The Morgan fingerprint density at radius 3 is 2.95 bits per heavy atom. The molecule has 0 spiro atoms. The van der Waals surface area contributed by atoms with Crippen LogP contribution in [0.5, 0.6) is 0 Å². The number of nitrogens with two attached hydrogens (primary N) is 1. The van der Waals surface area contributed by atoms with Crippen LogP contribution in [0.25, 0.3) is 10.9 Å². The molecule has 2 N–H and O–H groups in total. The lowest BCUT2D eigenvalue weighted by molar-refractivity contribution is 0.236. The van der Waals surface area contributed by atoms with Gasteiger partial charge in [-0.25, -0.2) is 0 Å². The lowest BCUT2D eigenvalue weighted by atomic mass is 9.70. The molecular weight excluding hydrogens is 244 g/mol. The van der Waals surface area contributed by atoms with Gasteiger partial charge in [-0.15, -0.1) is 0 Å². The molecule has 0 aliphatic heterocycles. The zero-order valence-electron chi connectivity index (χ0n) is 12.3. The van der Waals surface area contributed by atoms with Crippen LogP contribution in [0.1, 0.15) is 44.1 Å². The first-order valence-corrected chi connectivity index (χ1v) is 7.86. The van der Waals surface area contributed by atoms with Crippen LogP contribution in [0.2, 0.25) is 0 Å². The maximum absolute atomic E-state index is 6.02. The smallest absolute Gasteiger partial charge is 0.0702 e. The van der Waals surface area contributed by atoms with Crippen molar-refractivity contribution in [1.82, 2.24) is 4.98 Å². The average molecular weight is 268 g/mol. The van der Waals surface area contributed by atoms with E-state index in [9.17, 15) is 0 Å². The van der Waals surface area contributed by atoms with E-state index < -0.39 is 0 Å². The van der Waals surface area contributed by atoms with Crippen molar-refractivity contribution in [1.29, 1.82) is 0 Å². The third-order valence-corrected chi connectivity index (χ3v) is 5.04. The molecule has 0 bridgehead atoms. The summed E-state index contributed by atoms with van der Waals surface area (Å²) in [5.41, 5.74) is 8.56. The van der Waals surface area contributed by atoms with E-state index in [0.717, 1.165) is 18.0 Å². The van der Waals surface area contributed by atoms with Crippen LogP contribution in [-0.4, -0.2) is 11.5 Å². The molecule has 2 heteroatoms. The highest BCUT2D eigenvalue weighted by atomic mass is 14.6. The van der Waals surface area contributed by atoms with Crippen molar-refractivity contribution in [2.45, 2.75) is 38.5 Å². The summed E-state index contributed by atoms with van der Waals surface area (Å²) in [6, 6.07) is 10.9. The Bertz CT molecular complexity index is 578. The Balaban J connectivity index is 1.94. The Hall–Kier alpha value is -1.41. The number of nitrogens with zero attached hydrogens (tertiary/aromatic N) is 1. The van der Waals surface area contributed by atoms with Crippen molar-refractivity contribution < 1.29 is 0 Å². The minimum absolute atomic E-state index is 0.628. The SMILES string of the molecule is CCC1CCC(CN)C(c2ccc3ncccc3c2)C1. The minimum Gasteiger partial charge on any atom is -0.330 e. The van der Waals surface area contributed by atoms with E-state index in [1.807, 2.05) is 12.3 Å². The zero-order chi connectivity index (χ0) is 13.9. The maximum atomic E-state index is 6.02. The molecule has 3 rings (SSSR count). The number of fused-ring (bicyclic) bond motifs is 1. The lowest BCUT2D eigenvalue weighted by Crippen LogP contribution is -2.28. The average Bonchev–Trinajstić information content (AvgIpc) is 2.53. The molecule has 2 aromatic rings. The van der Waals surface area contributed by atoms with Gasteiger partial charge < -0.3 is 5.73 Å². The van der Waals surface area contributed by atoms with Gasteiger partial charge in [0.1, 0.15) is 0 Å². The summed E-state index contributed by atoms with van der Waals surface area (Å²) >= 11 is 0. The summed E-state index contributed by atoms with van der Waals surface area (Å²) in [7, 11) is 0. The van der Waals surface area contributed by atoms with Crippen LogP contribution >= 0.6 is 0 Å². The van der Waals surface area contributed by atoms with Gasteiger partial charge in [-0.3, -0.25) is 4.98 Å². The highest BCUT2D eigenvalue weighted by Crippen LogP contribution is 2.41. The van der Waals surface area contributed by atoms with Gasteiger partial charge in [0.15, 0.2) is 0 Å². The minimum atomic E-state index is 0.628. The molecule has 3 atom stereocenters. The lowest BCUT2D eigenvalue weighted by Gasteiger charge is -2.35. The number of rotatable bonds is 3. The third kappa shape index (κ3) is 2.57. The quantitative estimate of drug-likeness (QED) is 0.910. The fourth-order valence-electron chi connectivity index (χ4n) is 3.71. The summed E-state index contributed by atoms with van der Waals surface area (Å²) < 4.78 is 0. The van der Waals surface area contributed by atoms with E-state index >= 15 is 0 Å². The van der Waals surface area contributed by atoms with Crippen LogP contribution in [0.4, 0.5) is 0 Å². The normalized spacial score (nSPS) is 26.8. The number of aromatic nitrogens is 1. The van der Waals surface area contributed by atoms with E-state index in [1.54, 1.807) is 0 Å². The van der Waals surface area contributed by atoms with E-state index in [-0.39, 0.29) is 0 Å². The van der Waals surface area contributed by atoms with Crippen LogP contribution in [-0.2, 0) is 0 Å². The van der Waals surface area contributed by atoms with Crippen molar-refractivity contribution >= 4 is 10.9 Å². The molecule has 2 nitrogen and oxygen atoms in total. The zero-order valence-corrected chi connectivity index (χ0v) is 12.3. The van der Waals surface area contributed by atoms with Gasteiger partial charge in [0, 0.05) is 11.6 Å². The molecule has 0 radical (unpaired) electrons. The van der Waals surface area contributed by atoms with Crippen molar-refractivity contribution in [3.8, 4) is 0 Å². The number of pyridine rings is 1. The van der Waals surface area contributed by atoms with Crippen LogP contribution < -0.4 is 5.73 Å². The summed E-state index contributed by atoms with van der Waals surface area (Å²) in [6.07, 6.45) is 7.08. The second-order valence-corrected chi connectivity index (χ2v) is 6.15. The van der Waals surface area contributed by atoms with Gasteiger partial charge in [-0.1, -0.05) is 31.9 Å². The summed E-state index contributed by atoms with van der Waals surface area (Å²) in [5, 5.41) is 1.25. The molecule has 106 valence electrons. The first-order chi connectivity index (χ1) is 9.81. The second-order valence-electron chi connectivity index (χ2n) is 6.15. The highest BCUT2D eigenvalue weighted by molar-refractivity contribution is 5.79. The topological polar surface area (TPSA) is 38.9 Å². The summed E-state index contributed by atoms with van der Waals surface area (Å²) in [4.78, 5) is 4.41. The van der Waals surface area contributed by atoms with Crippen molar-refractivity contribution in [2.24, 2.45) is 17.6 Å². The monoisotopic (exact) mass is 268 g/mol. The molecular formula is C18H24N2. The summed E-state index contributed by atoms with van der Waals surface area (Å²) in [6.45, 7) is 3.13. The first-order valence-electron chi connectivity index (χ1n) is 7.86. The van der Waals surface area contributed by atoms with Gasteiger partial charge >= 0.3 is 0 Å². The fourth-order valence-corrected chi connectivity index (χ4v) is 3.71. The van der Waals surface area contributed by atoms with Crippen molar-refractivity contribution in [3.63, 3.8) is 0 Å². The third-order valence-electron chi connectivity index (χ3n) is 5.04. The predicted octanol–water partition coefficient (Wildman–Crippen LogP) is 4.10. The molecule has 1 aromatic carbocycles. The number of hydrogen-bond donors (Lipinski definition) is 1. The molecule has 0 amide bonds. The molecule has 3 unspecified atom stereocenters. The van der Waals surface area contributed by atoms with E-state index in [1.165, 1.54) is 36.6 Å². The van der Waals surface area contributed by atoms with E-state index in [4.69, 9.17) is 5.73 Å². The van der Waals surface area contributed by atoms with Crippen LogP contribution in [0.15, 0.2) is 36.5 Å². The molecule has 20 heavy (non-hydrogen) atoms. The molecule has 1 fully saturated rings. The molecule has 1 aromatic heterocycles. The standard InChI is InChI=1S/C18H24N2/c1-2-13-5-6-16(12-19)17(10-13)14-7-8-18-15(11-14)4-3-9-20-18/h3-4,7-9,11,13,16-17H,2,5-6,10,12,19H2,1H3. The van der Waals surface area contributed by atoms with E-state index in [0.29, 0.717) is 11.8 Å². The second kappa shape index (κ2) is 5.92. The molecule has 1 aliphatic rings. The first kappa shape index (κ1) is 13.6. The van der Waals surface area contributed by atoms with Gasteiger partial charge in [0.2, 0.25) is 0 Å². The fraction of sp³-hybridized carbons (Fsp3) is 0.500. The van der Waals surface area contributed by atoms with E-state index in [2.05, 4.69) is 36.2 Å². The highest BCUT2D eigenvalue weighted by Gasteiger charge is 2.30. The predicted molar refractivity (Wildman–Crippen MR) is 84.7 cm³/mol. The molecule has 1 aliphatic carbocycles. The summed E-state index contributed by atoms with van der Waals surface area (Å²) in [5.74, 6) is 2.14. The Kier molecular flexibility index (Phi) is 4.02. The molecule has 0 saturated heterocycles. The van der Waals surface area contributed by atoms with Crippen LogP contribution in [0.3, 0.4) is 0 Å². The Labute approximate surface area is 121 Å². The molecule has 1 heterocycles. The van der Waals surface area contributed by atoms with Crippen LogP contribution in [0, 0.1) is 11.8 Å². The number of benzene rings is 1. The van der Waals surface area contributed by atoms with Gasteiger partial charge in [0.25, 0.3) is 0 Å².